The number of nitrogens with zero attached hydrogens (tertiary/aromatic N) is 2. The number of hydrogen-bond donors (Lipinski definition) is 1. The molecule has 17 heavy (non-hydrogen) atoms. The van der Waals surface area contributed by atoms with E-state index in [0.717, 1.165) is 18.3 Å². The molecule has 1 atom stereocenters. The molecule has 2 aliphatic rings. The van der Waals surface area contributed by atoms with Crippen molar-refractivity contribution in [3.05, 3.63) is 0 Å². The molecule has 0 aromatic heterocycles. The van der Waals surface area contributed by atoms with Crippen LogP contribution in [-0.4, -0.2) is 59.5 Å². The SMILES string of the molecule is CC(C)C1CSC(=NCCN2CCSCC2)N1. The normalized spacial score (nSPS) is 28.9. The van der Waals surface area contributed by atoms with E-state index in [9.17, 15) is 0 Å². The maximum absolute atomic E-state index is 4.67. The zero-order valence-electron chi connectivity index (χ0n) is 10.8. The van der Waals surface area contributed by atoms with Gasteiger partial charge < -0.3 is 5.32 Å². The van der Waals surface area contributed by atoms with Crippen LogP contribution in [0.1, 0.15) is 13.8 Å². The molecular weight excluding hydrogens is 250 g/mol. The molecule has 0 aromatic rings. The van der Waals surface area contributed by atoms with E-state index in [-0.39, 0.29) is 0 Å². The minimum atomic E-state index is 0.616. The number of nitrogens with one attached hydrogen (secondary N) is 1. The van der Waals surface area contributed by atoms with Gasteiger partial charge in [0.05, 0.1) is 6.54 Å². The largest absolute Gasteiger partial charge is 0.361 e. The summed E-state index contributed by atoms with van der Waals surface area (Å²) in [5.74, 6) is 4.46. The molecule has 1 unspecified atom stereocenters. The minimum absolute atomic E-state index is 0.616. The lowest BCUT2D eigenvalue weighted by Gasteiger charge is -2.25. The first-order valence-corrected chi connectivity index (χ1v) is 8.63. The summed E-state index contributed by atoms with van der Waals surface area (Å²) in [5.41, 5.74) is 0. The summed E-state index contributed by atoms with van der Waals surface area (Å²) in [4.78, 5) is 7.20. The second kappa shape index (κ2) is 6.90. The topological polar surface area (TPSA) is 27.6 Å². The van der Waals surface area contributed by atoms with E-state index < -0.39 is 0 Å². The molecule has 0 spiro atoms. The summed E-state index contributed by atoms with van der Waals surface area (Å²) in [5, 5.41) is 4.68. The van der Waals surface area contributed by atoms with Crippen molar-refractivity contribution in [1.82, 2.24) is 10.2 Å². The smallest absolute Gasteiger partial charge is 0.156 e. The van der Waals surface area contributed by atoms with Gasteiger partial charge in [-0.05, 0) is 5.92 Å². The van der Waals surface area contributed by atoms with Crippen molar-refractivity contribution in [1.29, 1.82) is 0 Å². The monoisotopic (exact) mass is 273 g/mol. The predicted molar refractivity (Wildman–Crippen MR) is 80.3 cm³/mol. The van der Waals surface area contributed by atoms with Gasteiger partial charge in [0.25, 0.3) is 0 Å². The molecule has 2 aliphatic heterocycles. The molecule has 2 heterocycles. The average molecular weight is 273 g/mol. The fourth-order valence-corrected chi connectivity index (χ4v) is 4.18. The van der Waals surface area contributed by atoms with Crippen LogP contribution in [0.2, 0.25) is 0 Å². The average Bonchev–Trinajstić information content (AvgIpc) is 2.79. The standard InChI is InChI=1S/C12H23N3S2/c1-10(2)11-9-17-12(14-11)13-3-4-15-5-7-16-8-6-15/h10-11H,3-9H2,1-2H3,(H,13,14). The van der Waals surface area contributed by atoms with Gasteiger partial charge in [0.2, 0.25) is 0 Å². The molecule has 0 amide bonds. The van der Waals surface area contributed by atoms with Gasteiger partial charge in [-0.1, -0.05) is 25.6 Å². The maximum Gasteiger partial charge on any atom is 0.156 e. The minimum Gasteiger partial charge on any atom is -0.361 e. The van der Waals surface area contributed by atoms with Gasteiger partial charge in [-0.3, -0.25) is 9.89 Å². The van der Waals surface area contributed by atoms with Gasteiger partial charge >= 0.3 is 0 Å². The fourth-order valence-electron chi connectivity index (χ4n) is 1.98. The molecule has 5 heteroatoms. The highest BCUT2D eigenvalue weighted by Gasteiger charge is 2.22. The van der Waals surface area contributed by atoms with Gasteiger partial charge in [0.15, 0.2) is 5.17 Å². The molecule has 0 aromatic carbocycles. The molecule has 2 saturated heterocycles. The van der Waals surface area contributed by atoms with Crippen LogP contribution in [0, 0.1) is 5.92 Å². The van der Waals surface area contributed by atoms with Crippen LogP contribution >= 0.6 is 23.5 Å². The lowest BCUT2D eigenvalue weighted by atomic mass is 10.1. The highest BCUT2D eigenvalue weighted by atomic mass is 32.2. The van der Waals surface area contributed by atoms with E-state index in [1.807, 2.05) is 11.8 Å². The first kappa shape index (κ1) is 13.6. The lowest BCUT2D eigenvalue weighted by molar-refractivity contribution is 0.311. The summed E-state index contributed by atoms with van der Waals surface area (Å²) >= 11 is 3.95. The van der Waals surface area contributed by atoms with Crippen LogP contribution < -0.4 is 5.32 Å². The fraction of sp³-hybridized carbons (Fsp3) is 0.917. The van der Waals surface area contributed by atoms with E-state index in [0.29, 0.717) is 12.0 Å². The van der Waals surface area contributed by atoms with Crippen molar-refractivity contribution in [3.63, 3.8) is 0 Å². The zero-order valence-corrected chi connectivity index (χ0v) is 12.4. The highest BCUT2D eigenvalue weighted by molar-refractivity contribution is 8.14. The Morgan fingerprint density at radius 1 is 1.41 bits per heavy atom. The van der Waals surface area contributed by atoms with Crippen LogP contribution in [0.4, 0.5) is 0 Å². The number of amidine groups is 1. The van der Waals surface area contributed by atoms with Gasteiger partial charge in [0.1, 0.15) is 0 Å². The molecule has 98 valence electrons. The molecule has 1 N–H and O–H groups in total. The number of aliphatic imine (C=N–C) groups is 1. The predicted octanol–water partition coefficient (Wildman–Crippen LogP) is 1.75. The molecule has 2 fully saturated rings. The van der Waals surface area contributed by atoms with Crippen LogP contribution in [0.5, 0.6) is 0 Å². The second-order valence-corrected chi connectivity index (χ2v) is 7.18. The number of hydrogen-bond acceptors (Lipinski definition) is 4. The van der Waals surface area contributed by atoms with E-state index in [2.05, 4.69) is 40.8 Å². The quantitative estimate of drug-likeness (QED) is 0.844. The van der Waals surface area contributed by atoms with E-state index in [1.165, 1.54) is 30.3 Å². The maximum atomic E-state index is 4.67. The number of thioether (sulfide) groups is 2. The van der Waals surface area contributed by atoms with Crippen LogP contribution in [0.15, 0.2) is 4.99 Å². The van der Waals surface area contributed by atoms with Crippen molar-refractivity contribution in [2.45, 2.75) is 19.9 Å². The molecular formula is C12H23N3S2. The Balaban J connectivity index is 1.67. The summed E-state index contributed by atoms with van der Waals surface area (Å²) in [6, 6.07) is 0.616. The van der Waals surface area contributed by atoms with Gasteiger partial charge in [-0.15, -0.1) is 0 Å². The van der Waals surface area contributed by atoms with Crippen molar-refractivity contribution in [3.8, 4) is 0 Å². The Hall–Kier alpha value is 0.130. The molecule has 0 aliphatic carbocycles. The van der Waals surface area contributed by atoms with E-state index >= 15 is 0 Å². The van der Waals surface area contributed by atoms with Crippen molar-refractivity contribution in [2.75, 3.05) is 43.4 Å². The van der Waals surface area contributed by atoms with Gasteiger partial charge in [0, 0.05) is 42.9 Å². The molecule has 0 saturated carbocycles. The van der Waals surface area contributed by atoms with Crippen molar-refractivity contribution in [2.24, 2.45) is 10.9 Å². The third kappa shape index (κ3) is 4.38. The first-order chi connectivity index (χ1) is 8.25. The third-order valence-electron chi connectivity index (χ3n) is 3.29. The molecule has 2 rings (SSSR count). The van der Waals surface area contributed by atoms with Crippen molar-refractivity contribution >= 4 is 28.7 Å². The Kier molecular flexibility index (Phi) is 5.50. The van der Waals surface area contributed by atoms with Crippen LogP contribution in [0.3, 0.4) is 0 Å². The first-order valence-electron chi connectivity index (χ1n) is 6.49. The molecule has 0 radical (unpaired) electrons. The Morgan fingerprint density at radius 2 is 2.18 bits per heavy atom. The second-order valence-electron chi connectivity index (χ2n) is 4.95. The Bertz CT molecular complexity index is 262. The van der Waals surface area contributed by atoms with Gasteiger partial charge in [-0.25, -0.2) is 0 Å². The van der Waals surface area contributed by atoms with Gasteiger partial charge in [-0.2, -0.15) is 11.8 Å². The van der Waals surface area contributed by atoms with Crippen LogP contribution in [-0.2, 0) is 0 Å². The Labute approximate surface area is 113 Å². The molecule has 0 bridgehead atoms. The Morgan fingerprint density at radius 3 is 2.82 bits per heavy atom. The summed E-state index contributed by atoms with van der Waals surface area (Å²) in [6.45, 7) is 9.10. The zero-order chi connectivity index (χ0) is 12.1. The summed E-state index contributed by atoms with van der Waals surface area (Å²) in [6.07, 6.45) is 0. The number of rotatable bonds is 4. The van der Waals surface area contributed by atoms with Crippen LogP contribution in [0.25, 0.3) is 0 Å². The summed E-state index contributed by atoms with van der Waals surface area (Å²) in [7, 11) is 0. The van der Waals surface area contributed by atoms with Crippen molar-refractivity contribution < 1.29 is 0 Å². The third-order valence-corrected chi connectivity index (χ3v) is 5.28. The molecule has 3 nitrogen and oxygen atoms in total. The van der Waals surface area contributed by atoms with E-state index in [1.54, 1.807) is 0 Å². The lowest BCUT2D eigenvalue weighted by Crippen LogP contribution is -2.35. The summed E-state index contributed by atoms with van der Waals surface area (Å²) < 4.78 is 0. The highest BCUT2D eigenvalue weighted by Crippen LogP contribution is 2.18. The van der Waals surface area contributed by atoms with E-state index in [4.69, 9.17) is 0 Å².